The van der Waals surface area contributed by atoms with Crippen molar-refractivity contribution in [2.24, 2.45) is 0 Å². The molecule has 1 unspecified atom stereocenters. The number of rotatable bonds is 6. The van der Waals surface area contributed by atoms with Gasteiger partial charge in [0.1, 0.15) is 11.8 Å². The standard InChI is InChI=1S/C20H17F2N3O4/c1-23-20(28)18(12-5-7-14(21)15(22)10-12)24-19(27)16-8-6-13(29-16)11-25-9-3-2-4-17(25)26/h2-10,18H,11H2,1H3,(H,23,28)(H,24,27). The maximum Gasteiger partial charge on any atom is 0.287 e. The zero-order chi connectivity index (χ0) is 21.0. The SMILES string of the molecule is CNC(=O)C(NC(=O)c1ccc(Cn2ccccc2=O)o1)c1ccc(F)c(F)c1. The molecular weight excluding hydrogens is 384 g/mol. The molecule has 2 N–H and O–H groups in total. The first kappa shape index (κ1) is 20.0. The first-order chi connectivity index (χ1) is 13.9. The second kappa shape index (κ2) is 8.51. The highest BCUT2D eigenvalue weighted by molar-refractivity contribution is 5.95. The van der Waals surface area contributed by atoms with E-state index < -0.39 is 29.5 Å². The predicted molar refractivity (Wildman–Crippen MR) is 99.1 cm³/mol. The van der Waals surface area contributed by atoms with E-state index in [-0.39, 0.29) is 23.4 Å². The number of amides is 2. The Labute approximate surface area is 164 Å². The number of carbonyl (C=O) groups is 2. The minimum Gasteiger partial charge on any atom is -0.454 e. The predicted octanol–water partition coefficient (Wildman–Crippen LogP) is 1.98. The molecule has 2 amide bonds. The summed E-state index contributed by atoms with van der Waals surface area (Å²) < 4.78 is 33.6. The normalized spacial score (nSPS) is 11.7. The number of hydrogen-bond donors (Lipinski definition) is 2. The fourth-order valence-electron chi connectivity index (χ4n) is 2.68. The number of hydrogen-bond acceptors (Lipinski definition) is 4. The van der Waals surface area contributed by atoms with Crippen molar-refractivity contribution in [3.63, 3.8) is 0 Å². The van der Waals surface area contributed by atoms with Gasteiger partial charge in [0.15, 0.2) is 17.4 Å². The Morgan fingerprint density at radius 2 is 1.90 bits per heavy atom. The zero-order valence-electron chi connectivity index (χ0n) is 15.3. The molecule has 9 heteroatoms. The fraction of sp³-hybridized carbons (Fsp3) is 0.150. The Kier molecular flexibility index (Phi) is 5.87. The van der Waals surface area contributed by atoms with Crippen LogP contribution in [0.4, 0.5) is 8.78 Å². The van der Waals surface area contributed by atoms with Crippen molar-refractivity contribution in [2.75, 3.05) is 7.05 Å². The molecular formula is C20H17F2N3O4. The van der Waals surface area contributed by atoms with Gasteiger partial charge >= 0.3 is 0 Å². The second-order valence-corrected chi connectivity index (χ2v) is 6.13. The third-order valence-corrected chi connectivity index (χ3v) is 4.17. The molecule has 2 heterocycles. The van der Waals surface area contributed by atoms with Crippen molar-refractivity contribution in [1.82, 2.24) is 15.2 Å². The molecule has 0 bridgehead atoms. The van der Waals surface area contributed by atoms with Crippen LogP contribution in [0.15, 0.2) is 63.9 Å². The largest absolute Gasteiger partial charge is 0.454 e. The number of nitrogens with one attached hydrogen (secondary N) is 2. The Hall–Kier alpha value is -3.75. The van der Waals surface area contributed by atoms with E-state index >= 15 is 0 Å². The minimum absolute atomic E-state index is 0.0687. The molecule has 3 aromatic rings. The van der Waals surface area contributed by atoms with Crippen molar-refractivity contribution >= 4 is 11.8 Å². The Morgan fingerprint density at radius 1 is 1.10 bits per heavy atom. The van der Waals surface area contributed by atoms with Crippen molar-refractivity contribution in [1.29, 1.82) is 0 Å². The van der Waals surface area contributed by atoms with Gasteiger partial charge in [0.25, 0.3) is 11.5 Å². The first-order valence-electron chi connectivity index (χ1n) is 8.60. The summed E-state index contributed by atoms with van der Waals surface area (Å²) in [5.41, 5.74) is -0.160. The molecule has 1 atom stereocenters. The quantitative estimate of drug-likeness (QED) is 0.661. The van der Waals surface area contributed by atoms with E-state index in [1.807, 2.05) is 0 Å². The number of benzene rings is 1. The van der Waals surface area contributed by atoms with E-state index in [9.17, 15) is 23.2 Å². The van der Waals surface area contributed by atoms with E-state index in [2.05, 4.69) is 10.6 Å². The first-order valence-corrected chi connectivity index (χ1v) is 8.60. The van der Waals surface area contributed by atoms with Gasteiger partial charge in [0.05, 0.1) is 6.54 Å². The van der Waals surface area contributed by atoms with E-state index in [1.54, 1.807) is 18.3 Å². The van der Waals surface area contributed by atoms with Crippen LogP contribution < -0.4 is 16.2 Å². The zero-order valence-corrected chi connectivity index (χ0v) is 15.3. The van der Waals surface area contributed by atoms with Gasteiger partial charge < -0.3 is 19.6 Å². The Balaban J connectivity index is 1.79. The van der Waals surface area contributed by atoms with E-state index in [1.165, 1.54) is 35.9 Å². The summed E-state index contributed by atoms with van der Waals surface area (Å²) in [7, 11) is 1.35. The molecule has 0 aliphatic carbocycles. The third-order valence-electron chi connectivity index (χ3n) is 4.17. The summed E-state index contributed by atoms with van der Waals surface area (Å²) >= 11 is 0. The number of likely N-dealkylation sites (N-methyl/N-ethyl adjacent to an activating group) is 1. The smallest absolute Gasteiger partial charge is 0.287 e. The highest BCUT2D eigenvalue weighted by Crippen LogP contribution is 2.18. The summed E-state index contributed by atoms with van der Waals surface area (Å²) in [6.45, 7) is 0.120. The topological polar surface area (TPSA) is 93.3 Å². The average Bonchev–Trinajstić information content (AvgIpc) is 3.18. The number of carbonyl (C=O) groups excluding carboxylic acids is 2. The maximum absolute atomic E-state index is 13.5. The van der Waals surface area contributed by atoms with Gasteiger partial charge in [-0.05, 0) is 35.9 Å². The van der Waals surface area contributed by atoms with Gasteiger partial charge in [-0.1, -0.05) is 12.1 Å². The van der Waals surface area contributed by atoms with Crippen molar-refractivity contribution in [3.05, 3.63) is 93.8 Å². The molecule has 0 spiro atoms. The van der Waals surface area contributed by atoms with Gasteiger partial charge in [0, 0.05) is 19.3 Å². The van der Waals surface area contributed by atoms with E-state index in [4.69, 9.17) is 4.42 Å². The number of furan rings is 1. The molecule has 0 saturated carbocycles. The molecule has 1 aromatic carbocycles. The van der Waals surface area contributed by atoms with Crippen molar-refractivity contribution < 1.29 is 22.8 Å². The van der Waals surface area contributed by atoms with Gasteiger partial charge in [-0.2, -0.15) is 0 Å². The summed E-state index contributed by atoms with van der Waals surface area (Å²) in [4.78, 5) is 36.4. The van der Waals surface area contributed by atoms with Crippen LogP contribution in [0.5, 0.6) is 0 Å². The van der Waals surface area contributed by atoms with Gasteiger partial charge in [-0.15, -0.1) is 0 Å². The summed E-state index contributed by atoms with van der Waals surface area (Å²) in [5.74, 6) is -3.29. The lowest BCUT2D eigenvalue weighted by Gasteiger charge is -2.17. The molecule has 3 rings (SSSR count). The molecule has 0 radical (unpaired) electrons. The third kappa shape index (κ3) is 4.57. The molecule has 150 valence electrons. The van der Waals surface area contributed by atoms with Crippen LogP contribution in [0.25, 0.3) is 0 Å². The van der Waals surface area contributed by atoms with Crippen molar-refractivity contribution in [3.8, 4) is 0 Å². The van der Waals surface area contributed by atoms with Gasteiger partial charge in [0.2, 0.25) is 5.91 Å². The van der Waals surface area contributed by atoms with E-state index in [0.29, 0.717) is 5.76 Å². The lowest BCUT2D eigenvalue weighted by atomic mass is 10.1. The van der Waals surface area contributed by atoms with Crippen LogP contribution in [0.2, 0.25) is 0 Å². The molecule has 0 fully saturated rings. The summed E-state index contributed by atoms with van der Waals surface area (Å²) in [6.07, 6.45) is 1.58. The molecule has 7 nitrogen and oxygen atoms in total. The van der Waals surface area contributed by atoms with Crippen LogP contribution in [0, 0.1) is 11.6 Å². The van der Waals surface area contributed by atoms with Crippen LogP contribution in [-0.4, -0.2) is 23.4 Å². The molecule has 2 aromatic heterocycles. The van der Waals surface area contributed by atoms with Crippen LogP contribution in [0.3, 0.4) is 0 Å². The van der Waals surface area contributed by atoms with Crippen molar-refractivity contribution in [2.45, 2.75) is 12.6 Å². The Morgan fingerprint density at radius 3 is 2.59 bits per heavy atom. The summed E-state index contributed by atoms with van der Waals surface area (Å²) in [5, 5.41) is 4.79. The number of nitrogens with zero attached hydrogens (tertiary/aromatic N) is 1. The van der Waals surface area contributed by atoms with Crippen LogP contribution in [-0.2, 0) is 11.3 Å². The highest BCUT2D eigenvalue weighted by atomic mass is 19.2. The van der Waals surface area contributed by atoms with Gasteiger partial charge in [-0.25, -0.2) is 8.78 Å². The van der Waals surface area contributed by atoms with E-state index in [0.717, 1.165) is 12.1 Å². The van der Waals surface area contributed by atoms with Crippen LogP contribution >= 0.6 is 0 Å². The number of halogens is 2. The highest BCUT2D eigenvalue weighted by Gasteiger charge is 2.25. The van der Waals surface area contributed by atoms with Gasteiger partial charge in [-0.3, -0.25) is 14.4 Å². The maximum atomic E-state index is 13.5. The average molecular weight is 401 g/mol. The molecule has 0 aliphatic heterocycles. The Bertz CT molecular complexity index is 1110. The van der Waals surface area contributed by atoms with Crippen LogP contribution in [0.1, 0.15) is 27.9 Å². The second-order valence-electron chi connectivity index (χ2n) is 6.13. The number of pyridine rings is 1. The number of aromatic nitrogens is 1. The lowest BCUT2D eigenvalue weighted by Crippen LogP contribution is -2.39. The lowest BCUT2D eigenvalue weighted by molar-refractivity contribution is -0.122. The monoisotopic (exact) mass is 401 g/mol. The molecule has 0 aliphatic rings. The molecule has 0 saturated heterocycles. The summed E-state index contributed by atoms with van der Waals surface area (Å²) in [6, 6.07) is 9.27. The minimum atomic E-state index is -1.26. The fourth-order valence-corrected chi connectivity index (χ4v) is 2.68. The molecule has 29 heavy (non-hydrogen) atoms.